The zero-order chi connectivity index (χ0) is 33.7. The average molecular weight is 714 g/mol. The predicted molar refractivity (Wildman–Crippen MR) is 195 cm³/mol. The van der Waals surface area contributed by atoms with E-state index < -0.39 is 6.10 Å². The third kappa shape index (κ3) is 8.08. The number of carbonyl (C=O) groups is 1. The minimum atomic E-state index is -0.520. The van der Waals surface area contributed by atoms with Crippen molar-refractivity contribution in [3.05, 3.63) is 86.0 Å². The lowest BCUT2D eigenvalue weighted by Crippen LogP contribution is -2.46. The van der Waals surface area contributed by atoms with Crippen LogP contribution in [0.4, 0.5) is 0 Å². The van der Waals surface area contributed by atoms with Crippen molar-refractivity contribution in [2.75, 3.05) is 39.8 Å². The van der Waals surface area contributed by atoms with E-state index in [0.717, 1.165) is 106 Å². The van der Waals surface area contributed by atoms with Crippen LogP contribution in [0.2, 0.25) is 10.0 Å². The number of piperidine rings is 1. The summed E-state index contributed by atoms with van der Waals surface area (Å²) in [5.74, 6) is 1.60. The van der Waals surface area contributed by atoms with E-state index >= 15 is 0 Å². The van der Waals surface area contributed by atoms with Gasteiger partial charge in [0, 0.05) is 60.6 Å². The monoisotopic (exact) mass is 712 g/mol. The zero-order valence-electron chi connectivity index (χ0n) is 28.6. The summed E-state index contributed by atoms with van der Waals surface area (Å²) in [6.45, 7) is 10.6. The third-order valence-electron chi connectivity index (χ3n) is 11.0. The standard InChI is InChI=1S/C39H50Cl2N2O4S/c1-4-13-38(14-5-2)27-39(47-36(38)37(44)46-25-28-6-10-33(45-3)11-7-28)15-17-42(18-16-39)22-31-23-43(24-34(31)30-12-19-48-26-30)21-29-8-9-32(40)20-35(29)41/h6-12,19-20,26,31,34,36H,4-5,13-18,21-25,27H2,1-3H3/t31-,34+,36?/m0/s1. The van der Waals surface area contributed by atoms with E-state index in [0.29, 0.717) is 16.9 Å². The summed E-state index contributed by atoms with van der Waals surface area (Å²) < 4.78 is 18.2. The first-order valence-electron chi connectivity index (χ1n) is 17.6. The fraction of sp³-hybridized carbons (Fsp3) is 0.564. The molecule has 260 valence electrons. The molecule has 1 unspecified atom stereocenters. The van der Waals surface area contributed by atoms with Gasteiger partial charge in [-0.15, -0.1) is 0 Å². The van der Waals surface area contributed by atoms with Gasteiger partial charge in [-0.2, -0.15) is 11.3 Å². The molecule has 3 aliphatic heterocycles. The molecule has 3 saturated heterocycles. The van der Waals surface area contributed by atoms with E-state index in [2.05, 4.69) is 46.5 Å². The molecule has 3 aliphatic rings. The Balaban J connectivity index is 1.10. The maximum atomic E-state index is 13.8. The minimum Gasteiger partial charge on any atom is -0.497 e. The number of methoxy groups -OCH3 is 1. The fourth-order valence-corrected chi connectivity index (χ4v) is 9.95. The Morgan fingerprint density at radius 1 is 1.00 bits per heavy atom. The Hall–Kier alpha value is -2.13. The van der Waals surface area contributed by atoms with Gasteiger partial charge in [0.1, 0.15) is 12.4 Å². The van der Waals surface area contributed by atoms with Crippen molar-refractivity contribution in [2.24, 2.45) is 11.3 Å². The van der Waals surface area contributed by atoms with Gasteiger partial charge in [-0.1, -0.05) is 68.1 Å². The molecule has 3 aromatic rings. The van der Waals surface area contributed by atoms with Gasteiger partial charge in [-0.3, -0.25) is 4.90 Å². The number of benzene rings is 2. The summed E-state index contributed by atoms with van der Waals surface area (Å²) in [6.07, 6.45) is 6.32. The molecule has 0 N–H and O–H groups in total. The van der Waals surface area contributed by atoms with Gasteiger partial charge < -0.3 is 19.1 Å². The first-order chi connectivity index (χ1) is 23.2. The van der Waals surface area contributed by atoms with Gasteiger partial charge in [-0.25, -0.2) is 4.79 Å². The Morgan fingerprint density at radius 3 is 2.40 bits per heavy atom. The second kappa shape index (κ2) is 15.8. The molecule has 0 radical (unpaired) electrons. The molecule has 0 amide bonds. The molecule has 0 saturated carbocycles. The number of thiophene rings is 1. The van der Waals surface area contributed by atoms with Crippen LogP contribution in [0.3, 0.4) is 0 Å². The maximum absolute atomic E-state index is 13.8. The first kappa shape index (κ1) is 35.7. The van der Waals surface area contributed by atoms with Gasteiger partial charge in [0.15, 0.2) is 6.10 Å². The van der Waals surface area contributed by atoms with E-state index in [9.17, 15) is 4.79 Å². The van der Waals surface area contributed by atoms with Gasteiger partial charge in [0.25, 0.3) is 0 Å². The maximum Gasteiger partial charge on any atom is 0.336 e. The second-order valence-electron chi connectivity index (χ2n) is 14.3. The topological polar surface area (TPSA) is 51.2 Å². The van der Waals surface area contributed by atoms with Crippen LogP contribution in [0, 0.1) is 11.3 Å². The van der Waals surface area contributed by atoms with Crippen molar-refractivity contribution in [2.45, 2.75) is 89.6 Å². The number of halogens is 2. The van der Waals surface area contributed by atoms with Crippen LogP contribution >= 0.6 is 34.5 Å². The number of likely N-dealkylation sites (tertiary alicyclic amines) is 2. The van der Waals surface area contributed by atoms with Crippen LogP contribution in [0.25, 0.3) is 0 Å². The van der Waals surface area contributed by atoms with Crippen molar-refractivity contribution in [3.8, 4) is 5.75 Å². The molecule has 0 aliphatic carbocycles. The van der Waals surface area contributed by atoms with Gasteiger partial charge >= 0.3 is 5.97 Å². The van der Waals surface area contributed by atoms with Crippen molar-refractivity contribution < 1.29 is 19.0 Å². The molecule has 3 fully saturated rings. The lowest BCUT2D eigenvalue weighted by atomic mass is 9.69. The quantitative estimate of drug-likeness (QED) is 0.165. The number of ether oxygens (including phenoxy) is 3. The summed E-state index contributed by atoms with van der Waals surface area (Å²) in [4.78, 5) is 19.0. The fourth-order valence-electron chi connectivity index (χ4n) is 8.76. The highest BCUT2D eigenvalue weighted by molar-refractivity contribution is 7.08. The number of hydrogen-bond donors (Lipinski definition) is 0. The lowest BCUT2D eigenvalue weighted by molar-refractivity contribution is -0.170. The molecule has 1 spiro atoms. The molecular weight excluding hydrogens is 663 g/mol. The first-order valence-corrected chi connectivity index (χ1v) is 19.3. The number of carbonyl (C=O) groups excluding carboxylic acids is 1. The second-order valence-corrected chi connectivity index (χ2v) is 16.0. The largest absolute Gasteiger partial charge is 0.497 e. The summed E-state index contributed by atoms with van der Waals surface area (Å²) in [5.41, 5.74) is 3.07. The van der Waals surface area contributed by atoms with Crippen LogP contribution < -0.4 is 4.74 Å². The highest BCUT2D eigenvalue weighted by Crippen LogP contribution is 2.54. The van der Waals surface area contributed by atoms with E-state index in [1.165, 1.54) is 5.56 Å². The number of rotatable bonds is 13. The minimum absolute atomic E-state index is 0.179. The van der Waals surface area contributed by atoms with E-state index in [-0.39, 0.29) is 23.6 Å². The van der Waals surface area contributed by atoms with Gasteiger partial charge in [-0.05, 0) is 95.8 Å². The Bertz CT molecular complexity index is 1490. The molecular formula is C39H50Cl2N2O4S. The lowest BCUT2D eigenvalue weighted by Gasteiger charge is -2.40. The summed E-state index contributed by atoms with van der Waals surface area (Å²) >= 11 is 14.5. The van der Waals surface area contributed by atoms with Crippen LogP contribution in [0.15, 0.2) is 59.3 Å². The Labute approximate surface area is 300 Å². The molecule has 9 heteroatoms. The van der Waals surface area contributed by atoms with E-state index in [4.69, 9.17) is 37.4 Å². The summed E-state index contributed by atoms with van der Waals surface area (Å²) in [5, 5.41) is 5.93. The summed E-state index contributed by atoms with van der Waals surface area (Å²) in [6, 6.07) is 15.8. The highest BCUT2D eigenvalue weighted by atomic mass is 35.5. The molecule has 4 heterocycles. The molecule has 0 bridgehead atoms. The van der Waals surface area contributed by atoms with Gasteiger partial charge in [0.2, 0.25) is 0 Å². The van der Waals surface area contributed by atoms with E-state index in [1.807, 2.05) is 36.4 Å². The van der Waals surface area contributed by atoms with Crippen LogP contribution in [0.5, 0.6) is 5.75 Å². The smallest absolute Gasteiger partial charge is 0.336 e. The summed E-state index contributed by atoms with van der Waals surface area (Å²) in [7, 11) is 1.65. The number of esters is 1. The molecule has 6 nitrogen and oxygen atoms in total. The molecule has 1 aromatic heterocycles. The predicted octanol–water partition coefficient (Wildman–Crippen LogP) is 9.23. The molecule has 3 atom stereocenters. The van der Waals surface area contributed by atoms with Gasteiger partial charge in [0.05, 0.1) is 12.7 Å². The molecule has 6 rings (SSSR count). The van der Waals surface area contributed by atoms with Crippen molar-refractivity contribution in [3.63, 3.8) is 0 Å². The zero-order valence-corrected chi connectivity index (χ0v) is 30.9. The average Bonchev–Trinajstić information content (AvgIpc) is 3.82. The SMILES string of the molecule is CCCC1(CCC)CC2(CCN(C[C@H]3CN(Cc4ccc(Cl)cc4Cl)C[C@@H]3c3ccsc3)CC2)OC1C(=O)OCc1ccc(OC)cc1. The van der Waals surface area contributed by atoms with Crippen LogP contribution in [-0.4, -0.2) is 67.3 Å². The van der Waals surface area contributed by atoms with Crippen molar-refractivity contribution >= 4 is 40.5 Å². The van der Waals surface area contributed by atoms with Crippen LogP contribution in [-0.2, 0) is 27.4 Å². The van der Waals surface area contributed by atoms with E-state index in [1.54, 1.807) is 18.4 Å². The number of nitrogens with zero attached hydrogens (tertiary/aromatic N) is 2. The molecule has 2 aromatic carbocycles. The normalized spacial score (nSPS) is 23.9. The van der Waals surface area contributed by atoms with Crippen molar-refractivity contribution in [1.29, 1.82) is 0 Å². The molecule has 48 heavy (non-hydrogen) atoms. The Morgan fingerprint density at radius 2 is 1.75 bits per heavy atom. The van der Waals surface area contributed by atoms with Crippen LogP contribution in [0.1, 0.15) is 81.4 Å². The number of hydrogen-bond acceptors (Lipinski definition) is 7. The third-order valence-corrected chi connectivity index (χ3v) is 12.3. The highest BCUT2D eigenvalue weighted by Gasteiger charge is 2.58. The van der Waals surface area contributed by atoms with Crippen molar-refractivity contribution in [1.82, 2.24) is 9.80 Å². The Kier molecular flexibility index (Phi) is 11.8.